The predicted octanol–water partition coefficient (Wildman–Crippen LogP) is 3.72. The summed E-state index contributed by atoms with van der Waals surface area (Å²) in [5, 5.41) is 9.93. The number of pyridine rings is 2. The summed E-state index contributed by atoms with van der Waals surface area (Å²) in [5.74, 6) is -2.41. The van der Waals surface area contributed by atoms with Gasteiger partial charge in [-0.15, -0.1) is 0 Å². The summed E-state index contributed by atoms with van der Waals surface area (Å²) < 4.78 is 31.7. The third kappa shape index (κ3) is 4.50. The molecule has 0 fully saturated rings. The minimum Gasteiger partial charge on any atom is -0.490 e. The molecule has 0 radical (unpaired) electrons. The fraction of sp³-hybridized carbons (Fsp3) is 0.385. The van der Waals surface area contributed by atoms with Gasteiger partial charge in [0.1, 0.15) is 16.9 Å². The van der Waals surface area contributed by atoms with Gasteiger partial charge in [-0.05, 0) is 38.0 Å². The van der Waals surface area contributed by atoms with Crippen LogP contribution in [-0.4, -0.2) is 45.4 Å². The molecule has 1 aliphatic heterocycles. The third-order valence-corrected chi connectivity index (χ3v) is 6.02. The first-order valence-corrected chi connectivity index (χ1v) is 11.7. The Morgan fingerprint density at radius 1 is 1.25 bits per heavy atom. The second-order valence-corrected chi connectivity index (χ2v) is 8.77. The van der Waals surface area contributed by atoms with Crippen molar-refractivity contribution in [2.24, 2.45) is 0 Å². The van der Waals surface area contributed by atoms with E-state index in [0.29, 0.717) is 12.0 Å². The van der Waals surface area contributed by atoms with Crippen molar-refractivity contribution in [2.75, 3.05) is 13.2 Å². The number of benzene rings is 1. The topological polar surface area (TPSA) is 117 Å². The lowest BCUT2D eigenvalue weighted by Gasteiger charge is -2.34. The van der Waals surface area contributed by atoms with E-state index in [4.69, 9.17) is 14.2 Å². The molecular weight excluding hydrogens is 471 g/mol. The lowest BCUT2D eigenvalue weighted by atomic mass is 9.99. The molecule has 3 heterocycles. The molecule has 9 nitrogen and oxygen atoms in total. The molecule has 2 aromatic heterocycles. The normalized spacial score (nSPS) is 16.4. The number of nitrogens with zero attached hydrogens (tertiary/aromatic N) is 2. The maximum Gasteiger partial charge on any atom is 0.349 e. The highest BCUT2D eigenvalue weighted by molar-refractivity contribution is 6.00. The fourth-order valence-electron chi connectivity index (χ4n) is 4.12. The summed E-state index contributed by atoms with van der Waals surface area (Å²) in [5.41, 5.74) is -1.21. The summed E-state index contributed by atoms with van der Waals surface area (Å²) in [6.45, 7) is 4.87. The van der Waals surface area contributed by atoms with Crippen LogP contribution in [0.25, 0.3) is 11.0 Å². The molecule has 1 N–H and O–H groups in total. The standard InChI is InChI=1S/C26H27FN2O7/c1-4-6-11-35-22-18(24(31)34-5-2)23(30)29-14-26(3,25(32)33)36-21-16(13-28-19(22)20(21)29)12-15-7-9-17(27)10-8-15/h7-10,13H,4-6,11-12,14H2,1-3H3,(H,32,33)/t26-/m0/s1. The zero-order valence-electron chi connectivity index (χ0n) is 20.3. The summed E-state index contributed by atoms with van der Waals surface area (Å²) >= 11 is 0. The van der Waals surface area contributed by atoms with E-state index in [2.05, 4.69) is 4.98 Å². The Hall–Kier alpha value is -3.95. The fourth-order valence-corrected chi connectivity index (χ4v) is 4.12. The first-order valence-electron chi connectivity index (χ1n) is 11.7. The minimum absolute atomic E-state index is 0.0183. The molecule has 0 spiro atoms. The van der Waals surface area contributed by atoms with Gasteiger partial charge in [0.2, 0.25) is 5.60 Å². The van der Waals surface area contributed by atoms with Crippen molar-refractivity contribution in [1.82, 2.24) is 9.55 Å². The Labute approximate surface area is 206 Å². The highest BCUT2D eigenvalue weighted by Gasteiger charge is 2.43. The average molecular weight is 499 g/mol. The molecule has 1 aliphatic rings. The zero-order chi connectivity index (χ0) is 26.0. The largest absolute Gasteiger partial charge is 0.490 e. The van der Waals surface area contributed by atoms with Gasteiger partial charge in [-0.25, -0.2) is 14.0 Å². The number of aliphatic carboxylic acids is 1. The molecular formula is C26H27FN2O7. The molecule has 0 aliphatic carbocycles. The maximum absolute atomic E-state index is 13.7. The molecule has 0 amide bonds. The molecule has 0 bridgehead atoms. The van der Waals surface area contributed by atoms with Crippen molar-refractivity contribution in [3.05, 3.63) is 63.3 Å². The Morgan fingerprint density at radius 3 is 2.61 bits per heavy atom. The van der Waals surface area contributed by atoms with E-state index in [-0.39, 0.29) is 60.1 Å². The van der Waals surface area contributed by atoms with Crippen LogP contribution >= 0.6 is 0 Å². The van der Waals surface area contributed by atoms with E-state index in [1.807, 2.05) is 6.92 Å². The number of carbonyl (C=O) groups excluding carboxylic acids is 1. The highest BCUT2D eigenvalue weighted by atomic mass is 19.1. The van der Waals surface area contributed by atoms with Crippen molar-refractivity contribution in [2.45, 2.75) is 52.2 Å². The van der Waals surface area contributed by atoms with E-state index in [1.165, 1.54) is 29.8 Å². The van der Waals surface area contributed by atoms with E-state index >= 15 is 0 Å². The number of aromatic nitrogens is 2. The number of carboxylic acid groups (broad SMARTS) is 1. The number of esters is 1. The van der Waals surface area contributed by atoms with Gasteiger partial charge in [0.15, 0.2) is 17.1 Å². The van der Waals surface area contributed by atoms with Gasteiger partial charge < -0.3 is 19.3 Å². The van der Waals surface area contributed by atoms with Crippen LogP contribution in [0.5, 0.6) is 11.5 Å². The molecule has 190 valence electrons. The molecule has 1 atom stereocenters. The van der Waals surface area contributed by atoms with Crippen LogP contribution in [0, 0.1) is 5.82 Å². The van der Waals surface area contributed by atoms with E-state index in [9.17, 15) is 23.9 Å². The van der Waals surface area contributed by atoms with Crippen molar-refractivity contribution in [1.29, 1.82) is 0 Å². The average Bonchev–Trinajstić information content (AvgIpc) is 2.84. The zero-order valence-corrected chi connectivity index (χ0v) is 20.3. The number of ether oxygens (including phenoxy) is 3. The van der Waals surface area contributed by atoms with Crippen molar-refractivity contribution >= 4 is 23.0 Å². The van der Waals surface area contributed by atoms with Gasteiger partial charge in [0.25, 0.3) is 5.56 Å². The van der Waals surface area contributed by atoms with Crippen LogP contribution in [0.15, 0.2) is 35.3 Å². The number of rotatable bonds is 9. The van der Waals surface area contributed by atoms with Crippen LogP contribution in [0.4, 0.5) is 4.39 Å². The van der Waals surface area contributed by atoms with Crippen molar-refractivity contribution in [3.63, 3.8) is 0 Å². The Morgan fingerprint density at radius 2 is 1.97 bits per heavy atom. The summed E-state index contributed by atoms with van der Waals surface area (Å²) in [7, 11) is 0. The van der Waals surface area contributed by atoms with Crippen molar-refractivity contribution < 1.29 is 33.3 Å². The van der Waals surface area contributed by atoms with Crippen molar-refractivity contribution in [3.8, 4) is 11.5 Å². The first kappa shape index (κ1) is 25.2. The Balaban J connectivity index is 2.00. The maximum atomic E-state index is 13.7. The van der Waals surface area contributed by atoms with Crippen LogP contribution in [-0.2, 0) is 22.5 Å². The van der Waals surface area contributed by atoms with Gasteiger partial charge in [-0.2, -0.15) is 0 Å². The minimum atomic E-state index is -1.79. The number of carboxylic acids is 1. The number of hydrogen-bond acceptors (Lipinski definition) is 7. The number of halogens is 1. The van der Waals surface area contributed by atoms with E-state index in [0.717, 1.165) is 12.0 Å². The third-order valence-electron chi connectivity index (χ3n) is 6.02. The Bertz CT molecular complexity index is 1380. The summed E-state index contributed by atoms with van der Waals surface area (Å²) in [4.78, 5) is 43.2. The van der Waals surface area contributed by atoms with Crippen LogP contribution < -0.4 is 15.0 Å². The van der Waals surface area contributed by atoms with Gasteiger partial charge in [0.05, 0.1) is 19.8 Å². The lowest BCUT2D eigenvalue weighted by Crippen LogP contribution is -2.50. The molecule has 10 heteroatoms. The summed E-state index contributed by atoms with van der Waals surface area (Å²) in [6, 6.07) is 5.83. The molecule has 0 unspecified atom stereocenters. The quantitative estimate of drug-likeness (QED) is 0.351. The van der Waals surface area contributed by atoms with E-state index in [1.54, 1.807) is 19.1 Å². The molecule has 3 aromatic rings. The second-order valence-electron chi connectivity index (χ2n) is 8.77. The van der Waals surface area contributed by atoms with Gasteiger partial charge in [-0.3, -0.25) is 14.3 Å². The van der Waals surface area contributed by atoms with Gasteiger partial charge in [-0.1, -0.05) is 25.5 Å². The highest BCUT2D eigenvalue weighted by Crippen LogP contribution is 2.40. The van der Waals surface area contributed by atoms with Gasteiger partial charge >= 0.3 is 11.9 Å². The number of carbonyl (C=O) groups is 2. The lowest BCUT2D eigenvalue weighted by molar-refractivity contribution is -0.155. The monoisotopic (exact) mass is 498 g/mol. The van der Waals surface area contributed by atoms with Crippen LogP contribution in [0.1, 0.15) is 55.1 Å². The predicted molar refractivity (Wildman–Crippen MR) is 128 cm³/mol. The molecule has 1 aromatic carbocycles. The van der Waals surface area contributed by atoms with Crippen LogP contribution in [0.3, 0.4) is 0 Å². The summed E-state index contributed by atoms with van der Waals surface area (Å²) in [6.07, 6.45) is 3.24. The van der Waals surface area contributed by atoms with Crippen LogP contribution in [0.2, 0.25) is 0 Å². The number of unbranched alkanes of at least 4 members (excludes halogenated alkanes) is 1. The molecule has 0 saturated heterocycles. The second kappa shape index (κ2) is 9.96. The van der Waals surface area contributed by atoms with Gasteiger partial charge in [0, 0.05) is 18.2 Å². The Kier molecular flexibility index (Phi) is 6.96. The number of hydrogen-bond donors (Lipinski definition) is 1. The molecule has 4 rings (SSSR count). The SMILES string of the molecule is CCCCOc1c(C(=O)OCC)c(=O)n2c3c(c(Cc4ccc(F)cc4)cnc13)O[C@](C)(C(=O)O)C2. The van der Waals surface area contributed by atoms with E-state index < -0.39 is 23.1 Å². The smallest absolute Gasteiger partial charge is 0.349 e. The molecule has 36 heavy (non-hydrogen) atoms. The first-order chi connectivity index (χ1) is 17.2. The molecule has 0 saturated carbocycles.